The average Bonchev–Trinajstić information content (AvgIpc) is 2.83. The highest BCUT2D eigenvalue weighted by molar-refractivity contribution is 7.06. The van der Waals surface area contributed by atoms with Crippen molar-refractivity contribution in [2.24, 2.45) is 0 Å². The SMILES string of the molecule is CCC/C=C(\CCC)C(Nc1ccccc1)[Si](c1ccccc1)(c1ccccc1)C(C)(C)C. The van der Waals surface area contributed by atoms with Crippen molar-refractivity contribution in [3.8, 4) is 0 Å². The highest BCUT2D eigenvalue weighted by atomic mass is 28.3. The molecule has 0 aliphatic heterocycles. The number of hydrogen-bond acceptors (Lipinski definition) is 1. The molecule has 3 aromatic carbocycles. The normalized spacial score (nSPS) is 13.5. The minimum absolute atomic E-state index is 0.0845. The maximum atomic E-state index is 4.11. The molecule has 0 amide bonds. The molecule has 1 N–H and O–H groups in total. The van der Waals surface area contributed by atoms with Crippen LogP contribution in [-0.2, 0) is 0 Å². The molecule has 0 aliphatic carbocycles. The molecule has 0 saturated heterocycles. The third-order valence-corrected chi connectivity index (χ3v) is 13.0. The predicted octanol–water partition coefficient (Wildman–Crippen LogP) is 7.60. The smallest absolute Gasteiger partial charge is 0.150 e. The molecule has 0 fully saturated rings. The molecule has 3 aromatic rings. The Morgan fingerprint density at radius 3 is 1.67 bits per heavy atom. The molecule has 0 heterocycles. The van der Waals surface area contributed by atoms with Gasteiger partial charge in [0.15, 0.2) is 8.07 Å². The molecule has 0 bridgehead atoms. The molecule has 3 rings (SSSR count). The zero-order valence-corrected chi connectivity index (χ0v) is 22.1. The second kappa shape index (κ2) is 11.5. The van der Waals surface area contributed by atoms with Crippen LogP contribution >= 0.6 is 0 Å². The third-order valence-electron chi connectivity index (χ3n) is 6.76. The first-order valence-electron chi connectivity index (χ1n) is 12.6. The van der Waals surface area contributed by atoms with Crippen LogP contribution < -0.4 is 15.7 Å². The fraction of sp³-hybridized carbons (Fsp3) is 0.355. The van der Waals surface area contributed by atoms with Gasteiger partial charge in [0.25, 0.3) is 0 Å². The van der Waals surface area contributed by atoms with Crippen LogP contribution in [0.2, 0.25) is 5.04 Å². The molecule has 0 aromatic heterocycles. The Bertz CT molecular complexity index is 948. The van der Waals surface area contributed by atoms with Gasteiger partial charge in [0.1, 0.15) is 0 Å². The van der Waals surface area contributed by atoms with E-state index in [0.717, 1.165) is 19.3 Å². The molecule has 0 radical (unpaired) electrons. The van der Waals surface area contributed by atoms with E-state index in [1.54, 1.807) is 5.57 Å². The molecular weight excluding hydrogens is 414 g/mol. The van der Waals surface area contributed by atoms with Crippen molar-refractivity contribution < 1.29 is 0 Å². The number of anilines is 1. The van der Waals surface area contributed by atoms with Crippen molar-refractivity contribution >= 4 is 24.1 Å². The maximum Gasteiger partial charge on any atom is 0.150 e. The fourth-order valence-electron chi connectivity index (χ4n) is 5.36. The summed E-state index contributed by atoms with van der Waals surface area (Å²) in [7, 11) is -2.39. The van der Waals surface area contributed by atoms with Crippen molar-refractivity contribution in [2.45, 2.75) is 71.0 Å². The van der Waals surface area contributed by atoms with Crippen LogP contribution in [-0.4, -0.2) is 13.7 Å². The van der Waals surface area contributed by atoms with Crippen LogP contribution in [0.1, 0.15) is 60.3 Å². The summed E-state index contributed by atoms with van der Waals surface area (Å²) in [6, 6.07) is 33.5. The Morgan fingerprint density at radius 1 is 0.758 bits per heavy atom. The van der Waals surface area contributed by atoms with E-state index in [0.29, 0.717) is 0 Å². The summed E-state index contributed by atoms with van der Waals surface area (Å²) >= 11 is 0. The summed E-state index contributed by atoms with van der Waals surface area (Å²) in [5.74, 6) is 0. The van der Waals surface area contributed by atoms with E-state index < -0.39 is 8.07 Å². The Hall–Kier alpha value is -2.58. The lowest BCUT2D eigenvalue weighted by Crippen LogP contribution is -2.73. The Labute approximate surface area is 203 Å². The maximum absolute atomic E-state index is 4.11. The van der Waals surface area contributed by atoms with E-state index in [2.05, 4.69) is 137 Å². The van der Waals surface area contributed by atoms with E-state index in [4.69, 9.17) is 0 Å². The van der Waals surface area contributed by atoms with Gasteiger partial charge in [0.05, 0.1) is 0 Å². The van der Waals surface area contributed by atoms with Crippen LogP contribution in [0.15, 0.2) is 103 Å². The van der Waals surface area contributed by atoms with Crippen molar-refractivity contribution in [3.63, 3.8) is 0 Å². The van der Waals surface area contributed by atoms with Crippen LogP contribution in [0.25, 0.3) is 0 Å². The highest BCUT2D eigenvalue weighted by Gasteiger charge is 2.54. The number of rotatable bonds is 10. The minimum atomic E-state index is -2.39. The van der Waals surface area contributed by atoms with Gasteiger partial charge >= 0.3 is 0 Å². The minimum Gasteiger partial charge on any atom is -0.380 e. The first-order chi connectivity index (χ1) is 15.9. The second-order valence-corrected chi connectivity index (χ2v) is 14.9. The zero-order valence-electron chi connectivity index (χ0n) is 21.1. The highest BCUT2D eigenvalue weighted by Crippen LogP contribution is 2.42. The number of nitrogens with one attached hydrogen (secondary N) is 1. The van der Waals surface area contributed by atoms with E-state index >= 15 is 0 Å². The van der Waals surface area contributed by atoms with E-state index in [1.165, 1.54) is 22.5 Å². The summed E-state index contributed by atoms with van der Waals surface area (Å²) in [4.78, 5) is 0. The summed E-state index contributed by atoms with van der Waals surface area (Å²) in [6.07, 6.45) is 7.12. The van der Waals surface area contributed by atoms with Crippen molar-refractivity contribution in [1.29, 1.82) is 0 Å². The average molecular weight is 456 g/mol. The van der Waals surface area contributed by atoms with Crippen LogP contribution in [0.4, 0.5) is 5.69 Å². The quantitative estimate of drug-likeness (QED) is 0.245. The van der Waals surface area contributed by atoms with Gasteiger partial charge in [0, 0.05) is 11.4 Å². The van der Waals surface area contributed by atoms with Crippen LogP contribution in [0.3, 0.4) is 0 Å². The van der Waals surface area contributed by atoms with Crippen LogP contribution in [0.5, 0.6) is 0 Å². The lowest BCUT2D eigenvalue weighted by atomic mass is 10.1. The summed E-state index contributed by atoms with van der Waals surface area (Å²) < 4.78 is 0. The van der Waals surface area contributed by atoms with Gasteiger partial charge in [0.2, 0.25) is 0 Å². The lowest BCUT2D eigenvalue weighted by molar-refractivity contribution is 0.707. The molecule has 1 atom stereocenters. The van der Waals surface area contributed by atoms with Gasteiger partial charge in [-0.1, -0.05) is 148 Å². The van der Waals surface area contributed by atoms with E-state index in [-0.39, 0.29) is 10.7 Å². The fourth-order valence-corrected chi connectivity index (χ4v) is 11.6. The number of para-hydroxylation sites is 1. The van der Waals surface area contributed by atoms with Crippen molar-refractivity contribution in [1.82, 2.24) is 0 Å². The molecule has 174 valence electrons. The number of hydrogen-bond donors (Lipinski definition) is 1. The summed E-state index contributed by atoms with van der Waals surface area (Å²) in [5, 5.41) is 7.19. The monoisotopic (exact) mass is 455 g/mol. The predicted molar refractivity (Wildman–Crippen MR) is 149 cm³/mol. The Kier molecular flexibility index (Phi) is 8.74. The topological polar surface area (TPSA) is 12.0 Å². The summed E-state index contributed by atoms with van der Waals surface area (Å²) in [5.41, 5.74) is 3.03. The first-order valence-corrected chi connectivity index (χ1v) is 14.6. The Balaban J connectivity index is 2.38. The molecule has 2 heteroatoms. The van der Waals surface area contributed by atoms with Gasteiger partial charge in [-0.15, -0.1) is 0 Å². The second-order valence-electron chi connectivity index (χ2n) is 10.1. The van der Waals surface area contributed by atoms with Gasteiger partial charge < -0.3 is 5.32 Å². The molecule has 0 saturated carbocycles. The molecule has 0 spiro atoms. The molecule has 33 heavy (non-hydrogen) atoms. The summed E-state index contributed by atoms with van der Waals surface area (Å²) in [6.45, 7) is 12.0. The number of allylic oxidation sites excluding steroid dienone is 1. The van der Waals surface area contributed by atoms with Crippen molar-refractivity contribution in [2.75, 3.05) is 5.32 Å². The zero-order chi connectivity index (χ0) is 23.7. The van der Waals surface area contributed by atoms with Gasteiger partial charge in [-0.05, 0) is 30.0 Å². The lowest BCUT2D eigenvalue weighted by Gasteiger charge is -2.50. The Morgan fingerprint density at radius 2 is 1.24 bits per heavy atom. The van der Waals surface area contributed by atoms with Crippen molar-refractivity contribution in [3.05, 3.63) is 103 Å². The molecular formula is C31H41NSi. The molecule has 1 unspecified atom stereocenters. The molecule has 1 nitrogen and oxygen atoms in total. The standard InChI is InChI=1S/C31H41NSi/c1-6-8-19-26(18-7-2)30(32-27-20-12-9-13-21-27)33(31(3,4)5,28-22-14-10-15-23-28)29-24-16-11-17-25-29/h9-17,19-25,30,32H,6-8,18H2,1-5H3/b26-19+. The van der Waals surface area contributed by atoms with Gasteiger partial charge in [-0.25, -0.2) is 0 Å². The van der Waals surface area contributed by atoms with E-state index in [1.807, 2.05) is 0 Å². The van der Waals surface area contributed by atoms with Crippen LogP contribution in [0, 0.1) is 0 Å². The first kappa shape index (κ1) is 25.0. The third kappa shape index (κ3) is 5.50. The number of benzene rings is 3. The van der Waals surface area contributed by atoms with Gasteiger partial charge in [-0.3, -0.25) is 0 Å². The van der Waals surface area contributed by atoms with E-state index in [9.17, 15) is 0 Å². The number of unbranched alkanes of at least 4 members (excludes halogenated alkanes) is 1. The largest absolute Gasteiger partial charge is 0.380 e. The van der Waals surface area contributed by atoms with Gasteiger partial charge in [-0.2, -0.15) is 0 Å². The molecule has 0 aliphatic rings.